The van der Waals surface area contributed by atoms with Gasteiger partial charge in [-0.15, -0.1) is 0 Å². The van der Waals surface area contributed by atoms with E-state index < -0.39 is 0 Å². The highest BCUT2D eigenvalue weighted by Gasteiger charge is 2.13. The SMILES string of the molecule is Cc1c(O)cc(C)c2c1oc(=O)c1ccccc12. The van der Waals surface area contributed by atoms with E-state index in [4.69, 9.17) is 4.42 Å². The number of rotatable bonds is 0. The van der Waals surface area contributed by atoms with Crippen LogP contribution in [-0.4, -0.2) is 5.11 Å². The van der Waals surface area contributed by atoms with E-state index in [0.29, 0.717) is 16.5 Å². The monoisotopic (exact) mass is 240 g/mol. The summed E-state index contributed by atoms with van der Waals surface area (Å²) in [6.45, 7) is 3.64. The maximum absolute atomic E-state index is 11.9. The van der Waals surface area contributed by atoms with Gasteiger partial charge in [0.2, 0.25) is 0 Å². The Bertz CT molecular complexity index is 828. The Labute approximate surface area is 103 Å². The molecule has 1 aromatic heterocycles. The summed E-state index contributed by atoms with van der Waals surface area (Å²) in [5.41, 5.74) is 1.59. The number of aryl methyl sites for hydroxylation is 2. The average molecular weight is 240 g/mol. The van der Waals surface area contributed by atoms with Crippen LogP contribution < -0.4 is 5.63 Å². The number of phenols is 1. The number of phenolic OH excluding ortho intramolecular Hbond substituents is 1. The van der Waals surface area contributed by atoms with Crippen LogP contribution in [0.25, 0.3) is 21.7 Å². The van der Waals surface area contributed by atoms with Crippen molar-refractivity contribution < 1.29 is 9.52 Å². The largest absolute Gasteiger partial charge is 0.508 e. The number of benzene rings is 2. The molecule has 1 heterocycles. The first kappa shape index (κ1) is 10.8. The third-order valence-corrected chi connectivity index (χ3v) is 3.31. The molecule has 0 aliphatic rings. The lowest BCUT2D eigenvalue weighted by Crippen LogP contribution is -2.01. The highest BCUT2D eigenvalue weighted by Crippen LogP contribution is 2.32. The van der Waals surface area contributed by atoms with E-state index in [1.54, 1.807) is 19.1 Å². The number of aromatic hydroxyl groups is 1. The summed E-state index contributed by atoms with van der Waals surface area (Å²) in [5.74, 6) is 0.151. The Morgan fingerprint density at radius 3 is 2.50 bits per heavy atom. The summed E-state index contributed by atoms with van der Waals surface area (Å²) in [6, 6.07) is 9.06. The van der Waals surface area contributed by atoms with Crippen molar-refractivity contribution in [2.24, 2.45) is 0 Å². The van der Waals surface area contributed by atoms with Crippen molar-refractivity contribution in [3.63, 3.8) is 0 Å². The average Bonchev–Trinajstić information content (AvgIpc) is 2.36. The van der Waals surface area contributed by atoms with Gasteiger partial charge < -0.3 is 9.52 Å². The third kappa shape index (κ3) is 1.34. The number of fused-ring (bicyclic) bond motifs is 3. The first-order valence-electron chi connectivity index (χ1n) is 5.74. The Balaban J connectivity index is 2.72. The van der Waals surface area contributed by atoms with Gasteiger partial charge in [-0.3, -0.25) is 0 Å². The molecule has 3 heteroatoms. The summed E-state index contributed by atoms with van der Waals surface area (Å²) < 4.78 is 5.35. The maximum atomic E-state index is 11.9. The molecule has 0 aliphatic heterocycles. The van der Waals surface area contributed by atoms with E-state index in [0.717, 1.165) is 16.3 Å². The summed E-state index contributed by atoms with van der Waals surface area (Å²) in [7, 11) is 0. The Kier molecular flexibility index (Phi) is 2.17. The second-order valence-corrected chi connectivity index (χ2v) is 4.48. The Hall–Kier alpha value is -2.29. The molecule has 0 unspecified atom stereocenters. The predicted octanol–water partition coefficient (Wildman–Crippen LogP) is 3.27. The molecule has 0 radical (unpaired) electrons. The van der Waals surface area contributed by atoms with E-state index in [1.165, 1.54) is 0 Å². The zero-order valence-corrected chi connectivity index (χ0v) is 10.2. The lowest BCUT2D eigenvalue weighted by molar-refractivity contribution is 0.468. The maximum Gasteiger partial charge on any atom is 0.344 e. The van der Waals surface area contributed by atoms with Crippen molar-refractivity contribution in [3.8, 4) is 5.75 Å². The van der Waals surface area contributed by atoms with Gasteiger partial charge in [0.1, 0.15) is 11.3 Å². The molecule has 0 spiro atoms. The molecule has 0 saturated heterocycles. The van der Waals surface area contributed by atoms with Gasteiger partial charge in [-0.25, -0.2) is 4.79 Å². The molecule has 0 saturated carbocycles. The second-order valence-electron chi connectivity index (χ2n) is 4.48. The predicted molar refractivity (Wildman–Crippen MR) is 71.1 cm³/mol. The van der Waals surface area contributed by atoms with Crippen molar-refractivity contribution >= 4 is 21.7 Å². The minimum Gasteiger partial charge on any atom is -0.508 e. The minimum absolute atomic E-state index is 0.151. The normalized spacial score (nSPS) is 11.2. The van der Waals surface area contributed by atoms with Gasteiger partial charge in [0.05, 0.1) is 5.39 Å². The Morgan fingerprint density at radius 2 is 1.78 bits per heavy atom. The molecule has 0 amide bonds. The summed E-state index contributed by atoms with van der Waals surface area (Å²) >= 11 is 0. The van der Waals surface area contributed by atoms with Gasteiger partial charge in [0, 0.05) is 16.3 Å². The van der Waals surface area contributed by atoms with Crippen molar-refractivity contribution in [2.45, 2.75) is 13.8 Å². The van der Waals surface area contributed by atoms with Gasteiger partial charge in [0.25, 0.3) is 0 Å². The molecule has 90 valence electrons. The quantitative estimate of drug-likeness (QED) is 0.484. The van der Waals surface area contributed by atoms with E-state index >= 15 is 0 Å². The molecule has 18 heavy (non-hydrogen) atoms. The topological polar surface area (TPSA) is 50.4 Å². The molecule has 3 nitrogen and oxygen atoms in total. The summed E-state index contributed by atoms with van der Waals surface area (Å²) in [6.07, 6.45) is 0. The van der Waals surface area contributed by atoms with Gasteiger partial charge >= 0.3 is 5.63 Å². The summed E-state index contributed by atoms with van der Waals surface area (Å²) in [4.78, 5) is 11.9. The third-order valence-electron chi connectivity index (χ3n) is 3.31. The van der Waals surface area contributed by atoms with E-state index in [9.17, 15) is 9.90 Å². The first-order chi connectivity index (χ1) is 8.59. The van der Waals surface area contributed by atoms with Crippen molar-refractivity contribution in [3.05, 3.63) is 51.9 Å². The van der Waals surface area contributed by atoms with Gasteiger partial charge in [-0.2, -0.15) is 0 Å². The zero-order chi connectivity index (χ0) is 12.9. The van der Waals surface area contributed by atoms with Crippen LogP contribution in [0.5, 0.6) is 5.75 Å². The first-order valence-corrected chi connectivity index (χ1v) is 5.74. The van der Waals surface area contributed by atoms with Crippen LogP contribution in [-0.2, 0) is 0 Å². The fourth-order valence-electron chi connectivity index (χ4n) is 2.36. The van der Waals surface area contributed by atoms with Crippen molar-refractivity contribution in [1.82, 2.24) is 0 Å². The van der Waals surface area contributed by atoms with Crippen LogP contribution >= 0.6 is 0 Å². The molecule has 3 aromatic rings. The van der Waals surface area contributed by atoms with E-state index in [1.807, 2.05) is 25.1 Å². The summed E-state index contributed by atoms with van der Waals surface area (Å²) in [5, 5.41) is 12.1. The van der Waals surface area contributed by atoms with Crippen LogP contribution in [0.15, 0.2) is 39.5 Å². The fourth-order valence-corrected chi connectivity index (χ4v) is 2.36. The lowest BCUT2D eigenvalue weighted by atomic mass is 10.0. The molecule has 0 atom stereocenters. The van der Waals surface area contributed by atoms with Gasteiger partial charge in [0.15, 0.2) is 0 Å². The fraction of sp³-hybridized carbons (Fsp3) is 0.133. The van der Waals surface area contributed by atoms with E-state index in [2.05, 4.69) is 0 Å². The molecular formula is C15H12O3. The number of hydrogen-bond donors (Lipinski definition) is 1. The van der Waals surface area contributed by atoms with Crippen molar-refractivity contribution in [2.75, 3.05) is 0 Å². The highest BCUT2D eigenvalue weighted by molar-refractivity contribution is 6.07. The van der Waals surface area contributed by atoms with Crippen LogP contribution in [0, 0.1) is 13.8 Å². The standard InChI is InChI=1S/C15H12O3/c1-8-7-12(16)9(2)14-13(8)10-5-3-4-6-11(10)15(17)18-14/h3-7,16H,1-2H3. The highest BCUT2D eigenvalue weighted by atomic mass is 16.4. The zero-order valence-electron chi connectivity index (χ0n) is 10.2. The second kappa shape index (κ2) is 3.60. The van der Waals surface area contributed by atoms with Crippen LogP contribution in [0.1, 0.15) is 11.1 Å². The van der Waals surface area contributed by atoms with Crippen LogP contribution in [0.3, 0.4) is 0 Å². The molecule has 3 rings (SSSR count). The number of hydrogen-bond acceptors (Lipinski definition) is 3. The smallest absolute Gasteiger partial charge is 0.344 e. The molecule has 0 bridgehead atoms. The molecule has 2 aromatic carbocycles. The lowest BCUT2D eigenvalue weighted by Gasteiger charge is -2.09. The van der Waals surface area contributed by atoms with Crippen molar-refractivity contribution in [1.29, 1.82) is 0 Å². The van der Waals surface area contributed by atoms with Crippen LogP contribution in [0.2, 0.25) is 0 Å². The molecule has 0 aliphatic carbocycles. The molecular weight excluding hydrogens is 228 g/mol. The van der Waals surface area contributed by atoms with E-state index in [-0.39, 0.29) is 11.4 Å². The minimum atomic E-state index is -0.369. The van der Waals surface area contributed by atoms with Crippen LogP contribution in [0.4, 0.5) is 0 Å². The molecule has 0 fully saturated rings. The van der Waals surface area contributed by atoms with Gasteiger partial charge in [-0.1, -0.05) is 18.2 Å². The van der Waals surface area contributed by atoms with Gasteiger partial charge in [-0.05, 0) is 31.5 Å². The molecule has 1 N–H and O–H groups in total. The Morgan fingerprint density at radius 1 is 1.11 bits per heavy atom.